The van der Waals surface area contributed by atoms with E-state index in [1.165, 1.54) is 22.7 Å². The number of nitrogens with zero attached hydrogens (tertiary/aromatic N) is 4. The Kier molecular flexibility index (Phi) is 9.19. The van der Waals surface area contributed by atoms with Crippen LogP contribution in [0.5, 0.6) is 0 Å². The molecule has 0 N–H and O–H groups in total. The van der Waals surface area contributed by atoms with E-state index in [4.69, 9.17) is 0 Å². The average Bonchev–Trinajstić information content (AvgIpc) is 3.46. The van der Waals surface area contributed by atoms with Gasteiger partial charge in [-0.3, -0.25) is 9.59 Å². The van der Waals surface area contributed by atoms with Gasteiger partial charge in [0.2, 0.25) is 0 Å². The molecule has 0 aliphatic heterocycles. The number of carbonyl (C=O) groups is 2. The summed E-state index contributed by atoms with van der Waals surface area (Å²) < 4.78 is 0. The van der Waals surface area contributed by atoms with Gasteiger partial charge in [0.25, 0.3) is 0 Å². The Morgan fingerprint density at radius 2 is 1.03 bits per heavy atom. The van der Waals surface area contributed by atoms with Crippen molar-refractivity contribution in [3.63, 3.8) is 0 Å². The number of rotatable bonds is 13. The fraction of sp³-hybridized carbons (Fsp3) is 0.357. The van der Waals surface area contributed by atoms with Crippen LogP contribution in [0.1, 0.15) is 55.1 Å². The monoisotopic (exact) mass is 518 g/mol. The fourth-order valence-corrected chi connectivity index (χ4v) is 5.87. The van der Waals surface area contributed by atoms with Crippen LogP contribution < -0.4 is 0 Å². The molecule has 0 saturated heterocycles. The summed E-state index contributed by atoms with van der Waals surface area (Å²) in [5.74, 6) is 0.320. The lowest BCUT2D eigenvalue weighted by molar-refractivity contribution is -0.118. The summed E-state index contributed by atoms with van der Waals surface area (Å²) in [6.45, 7) is 4.06. The molecule has 0 spiro atoms. The summed E-state index contributed by atoms with van der Waals surface area (Å²) >= 11 is 3.06. The second-order valence-electron chi connectivity index (χ2n) is 9.15. The lowest BCUT2D eigenvalue weighted by Crippen LogP contribution is -2.06. The van der Waals surface area contributed by atoms with Crippen molar-refractivity contribution in [3.8, 4) is 0 Å². The van der Waals surface area contributed by atoms with E-state index in [1.807, 2.05) is 62.4 Å². The van der Waals surface area contributed by atoms with Gasteiger partial charge < -0.3 is 0 Å². The first kappa shape index (κ1) is 26.0. The molecule has 0 amide bonds. The molecule has 0 aliphatic carbocycles. The van der Waals surface area contributed by atoms with Crippen molar-refractivity contribution in [2.45, 2.75) is 65.2 Å². The van der Waals surface area contributed by atoms with Gasteiger partial charge in [-0.15, -0.1) is 43.1 Å². The fourth-order valence-electron chi connectivity index (χ4n) is 4.04. The van der Waals surface area contributed by atoms with E-state index >= 15 is 0 Å². The summed E-state index contributed by atoms with van der Waals surface area (Å²) in [5, 5.41) is 20.5. The minimum atomic E-state index is 0.160. The van der Waals surface area contributed by atoms with Crippen molar-refractivity contribution in [1.29, 1.82) is 0 Å². The molecule has 186 valence electrons. The third-order valence-electron chi connectivity index (χ3n) is 5.71. The van der Waals surface area contributed by atoms with Crippen molar-refractivity contribution >= 4 is 34.2 Å². The lowest BCUT2D eigenvalue weighted by Gasteiger charge is -2.01. The number of unbranched alkanes of at least 4 members (excludes halogenated alkanes) is 1. The second kappa shape index (κ2) is 12.7. The highest BCUT2D eigenvalue weighted by Crippen LogP contribution is 2.18. The second-order valence-corrected chi connectivity index (χ2v) is 11.4. The van der Waals surface area contributed by atoms with E-state index in [9.17, 15) is 9.59 Å². The molecule has 2 aromatic heterocycles. The highest BCUT2D eigenvalue weighted by atomic mass is 32.1. The molecule has 2 aromatic carbocycles. The molecule has 0 atom stereocenters. The Bertz CT molecular complexity index is 1230. The zero-order valence-electron chi connectivity index (χ0n) is 20.7. The third kappa shape index (κ3) is 8.24. The van der Waals surface area contributed by atoms with Crippen LogP contribution in [0.15, 0.2) is 48.5 Å². The molecule has 6 nitrogen and oxygen atoms in total. The van der Waals surface area contributed by atoms with Gasteiger partial charge in [-0.2, -0.15) is 0 Å². The van der Waals surface area contributed by atoms with E-state index in [0.29, 0.717) is 25.7 Å². The number of aromatic nitrogens is 4. The Labute approximate surface area is 219 Å². The average molecular weight is 519 g/mol. The van der Waals surface area contributed by atoms with Crippen molar-refractivity contribution in [1.82, 2.24) is 20.4 Å². The first-order chi connectivity index (χ1) is 17.4. The first-order valence-corrected chi connectivity index (χ1v) is 13.8. The molecular formula is C28H30N4O2S2. The molecule has 0 bridgehead atoms. The quantitative estimate of drug-likeness (QED) is 0.224. The molecule has 0 aliphatic rings. The zero-order valence-corrected chi connectivity index (χ0v) is 22.3. The molecular weight excluding hydrogens is 488 g/mol. The summed E-state index contributed by atoms with van der Waals surface area (Å²) in [5.41, 5.74) is 4.41. The summed E-state index contributed by atoms with van der Waals surface area (Å²) in [6.07, 6.45) is 5.13. The van der Waals surface area contributed by atoms with E-state index in [0.717, 1.165) is 68.0 Å². The summed E-state index contributed by atoms with van der Waals surface area (Å²) in [4.78, 5) is 24.8. The SMILES string of the molecule is Cc1cccc(CC(=O)Cc2nnc(CCCCc3nnc(CC(=O)Cc4cccc(C)c4)s3)s2)c1. The van der Waals surface area contributed by atoms with E-state index in [-0.39, 0.29) is 11.6 Å². The number of ketones is 2. The van der Waals surface area contributed by atoms with Gasteiger partial charge in [-0.25, -0.2) is 0 Å². The number of Topliss-reactive ketones (excluding diaryl/α,β-unsaturated/α-hetero) is 2. The number of aryl methyl sites for hydroxylation is 4. The van der Waals surface area contributed by atoms with Crippen LogP contribution in [0, 0.1) is 13.8 Å². The zero-order chi connectivity index (χ0) is 25.3. The summed E-state index contributed by atoms with van der Waals surface area (Å²) in [7, 11) is 0. The van der Waals surface area contributed by atoms with Crippen molar-refractivity contribution in [3.05, 3.63) is 90.8 Å². The van der Waals surface area contributed by atoms with Gasteiger partial charge in [0.1, 0.15) is 31.6 Å². The maximum atomic E-state index is 12.4. The number of hydrogen-bond acceptors (Lipinski definition) is 8. The van der Waals surface area contributed by atoms with Crippen molar-refractivity contribution in [2.75, 3.05) is 0 Å². The van der Waals surface area contributed by atoms with Gasteiger partial charge in [-0.05, 0) is 37.8 Å². The molecule has 4 aromatic rings. The van der Waals surface area contributed by atoms with E-state index in [2.05, 4.69) is 20.4 Å². The van der Waals surface area contributed by atoms with Gasteiger partial charge in [0.15, 0.2) is 0 Å². The topological polar surface area (TPSA) is 85.7 Å². The molecule has 4 rings (SSSR count). The van der Waals surface area contributed by atoms with Crippen LogP contribution in [0.3, 0.4) is 0 Å². The maximum absolute atomic E-state index is 12.4. The standard InChI is InChI=1S/C28H30N4O2S2/c1-19-7-5-9-21(13-19)15-23(33)17-27-31-29-25(35-27)11-3-4-12-26-30-32-28(36-26)18-24(34)16-22-10-6-8-20(2)14-22/h5-10,13-14H,3-4,11-12,15-18H2,1-2H3. The Balaban J connectivity index is 1.15. The largest absolute Gasteiger partial charge is 0.299 e. The molecule has 0 radical (unpaired) electrons. The third-order valence-corrected chi connectivity index (χ3v) is 7.68. The molecule has 0 fully saturated rings. The number of hydrogen-bond donors (Lipinski definition) is 0. The van der Waals surface area contributed by atoms with Gasteiger partial charge in [0, 0.05) is 25.7 Å². The number of benzene rings is 2. The van der Waals surface area contributed by atoms with Gasteiger partial charge >= 0.3 is 0 Å². The van der Waals surface area contributed by atoms with E-state index < -0.39 is 0 Å². The van der Waals surface area contributed by atoms with Gasteiger partial charge in [0.05, 0.1) is 12.8 Å². The van der Waals surface area contributed by atoms with Gasteiger partial charge in [-0.1, -0.05) is 59.7 Å². The lowest BCUT2D eigenvalue weighted by atomic mass is 10.1. The summed E-state index contributed by atoms with van der Waals surface area (Å²) in [6, 6.07) is 16.1. The predicted octanol–water partition coefficient (Wildman–Crippen LogP) is 5.28. The molecule has 0 unspecified atom stereocenters. The van der Waals surface area contributed by atoms with Crippen LogP contribution in [0.25, 0.3) is 0 Å². The molecule has 0 saturated carbocycles. The Morgan fingerprint density at radius 1 is 0.611 bits per heavy atom. The molecule has 8 heteroatoms. The van der Waals surface area contributed by atoms with Crippen LogP contribution in [-0.2, 0) is 48.1 Å². The van der Waals surface area contributed by atoms with Crippen molar-refractivity contribution in [2.24, 2.45) is 0 Å². The van der Waals surface area contributed by atoms with Crippen LogP contribution in [0.4, 0.5) is 0 Å². The minimum absolute atomic E-state index is 0.160. The molecule has 2 heterocycles. The maximum Gasteiger partial charge on any atom is 0.144 e. The Morgan fingerprint density at radius 3 is 1.44 bits per heavy atom. The van der Waals surface area contributed by atoms with Crippen molar-refractivity contribution < 1.29 is 9.59 Å². The van der Waals surface area contributed by atoms with E-state index in [1.54, 1.807) is 0 Å². The minimum Gasteiger partial charge on any atom is -0.299 e. The normalized spacial score (nSPS) is 11.1. The highest BCUT2D eigenvalue weighted by molar-refractivity contribution is 7.11. The van der Waals surface area contributed by atoms with Crippen LogP contribution in [0.2, 0.25) is 0 Å². The number of carbonyl (C=O) groups excluding carboxylic acids is 2. The van der Waals surface area contributed by atoms with Crippen LogP contribution in [-0.4, -0.2) is 32.0 Å². The van der Waals surface area contributed by atoms with Crippen LogP contribution >= 0.6 is 22.7 Å². The highest BCUT2D eigenvalue weighted by Gasteiger charge is 2.12. The molecule has 36 heavy (non-hydrogen) atoms. The predicted molar refractivity (Wildman–Crippen MR) is 144 cm³/mol. The Hall–Kier alpha value is -3.10. The first-order valence-electron chi connectivity index (χ1n) is 12.2. The smallest absolute Gasteiger partial charge is 0.144 e.